The van der Waals surface area contributed by atoms with Gasteiger partial charge in [0.25, 0.3) is 0 Å². The summed E-state index contributed by atoms with van der Waals surface area (Å²) in [4.78, 5) is 36.9. The van der Waals surface area contributed by atoms with Gasteiger partial charge in [-0.25, -0.2) is 4.79 Å². The maximum Gasteiger partial charge on any atom is 0.407 e. The number of ether oxygens (including phenoxy) is 1. The Labute approximate surface area is 198 Å². The largest absolute Gasteiger partial charge is 0.481 e. The first-order valence-corrected chi connectivity index (χ1v) is 12.1. The van der Waals surface area contributed by atoms with Gasteiger partial charge >= 0.3 is 12.1 Å². The molecule has 2 fully saturated rings. The Morgan fingerprint density at radius 1 is 0.941 bits per heavy atom. The van der Waals surface area contributed by atoms with Crippen molar-refractivity contribution < 1.29 is 24.2 Å². The zero-order valence-electron chi connectivity index (χ0n) is 19.1. The van der Waals surface area contributed by atoms with E-state index in [-0.39, 0.29) is 30.9 Å². The van der Waals surface area contributed by atoms with Crippen LogP contribution in [0.3, 0.4) is 0 Å². The van der Waals surface area contributed by atoms with E-state index in [0.29, 0.717) is 25.7 Å². The van der Waals surface area contributed by atoms with Gasteiger partial charge in [0.2, 0.25) is 5.91 Å². The molecule has 3 aliphatic rings. The lowest BCUT2D eigenvalue weighted by molar-refractivity contribution is -0.142. The highest BCUT2D eigenvalue weighted by atomic mass is 16.5. The maximum absolute atomic E-state index is 12.8. The van der Waals surface area contributed by atoms with Crippen LogP contribution in [0.15, 0.2) is 48.5 Å². The van der Waals surface area contributed by atoms with Gasteiger partial charge in [0.05, 0.1) is 11.5 Å². The van der Waals surface area contributed by atoms with Gasteiger partial charge in [-0.2, -0.15) is 0 Å². The van der Waals surface area contributed by atoms with Crippen molar-refractivity contribution in [2.24, 2.45) is 5.92 Å². The third-order valence-electron chi connectivity index (χ3n) is 7.70. The standard InChI is InChI=1S/C27H30N2O5/c30-24(28-23-12-5-11-21(23)25(31)32)15-27(13-6-14-27)29-26(33)34-16-22-19-9-3-1-7-17(19)18-8-2-4-10-20(18)22/h1-4,7-10,21-23H,5-6,11-16H2,(H,28,30)(H,29,33)(H,31,32)/t21-,23+/m0/s1. The van der Waals surface area contributed by atoms with E-state index < -0.39 is 23.5 Å². The van der Waals surface area contributed by atoms with Crippen LogP contribution in [0.1, 0.15) is 62.0 Å². The lowest BCUT2D eigenvalue weighted by Gasteiger charge is -2.42. The van der Waals surface area contributed by atoms with Crippen molar-refractivity contribution in [1.82, 2.24) is 10.6 Å². The highest BCUT2D eigenvalue weighted by Crippen LogP contribution is 2.44. The molecule has 0 unspecified atom stereocenters. The summed E-state index contributed by atoms with van der Waals surface area (Å²) in [7, 11) is 0. The van der Waals surface area contributed by atoms with Crippen LogP contribution >= 0.6 is 0 Å². The fourth-order valence-electron chi connectivity index (χ4n) is 5.79. The zero-order valence-corrected chi connectivity index (χ0v) is 19.1. The number of carboxylic acid groups (broad SMARTS) is 1. The number of amides is 2. The van der Waals surface area contributed by atoms with Crippen molar-refractivity contribution in [3.63, 3.8) is 0 Å². The number of carbonyl (C=O) groups excluding carboxylic acids is 2. The lowest BCUT2D eigenvalue weighted by Crippen LogP contribution is -2.56. The van der Waals surface area contributed by atoms with E-state index in [4.69, 9.17) is 4.74 Å². The van der Waals surface area contributed by atoms with Crippen LogP contribution in [0.2, 0.25) is 0 Å². The van der Waals surface area contributed by atoms with Crippen molar-refractivity contribution in [1.29, 1.82) is 0 Å². The first-order chi connectivity index (χ1) is 16.5. The van der Waals surface area contributed by atoms with Gasteiger partial charge in [0.1, 0.15) is 6.61 Å². The van der Waals surface area contributed by atoms with E-state index in [9.17, 15) is 19.5 Å². The Hall–Kier alpha value is -3.35. The number of nitrogens with one attached hydrogen (secondary N) is 2. The summed E-state index contributed by atoms with van der Waals surface area (Å²) in [6.07, 6.45) is 4.02. The number of aliphatic carboxylic acids is 1. The molecule has 0 bridgehead atoms. The molecule has 2 saturated carbocycles. The van der Waals surface area contributed by atoms with Crippen molar-refractivity contribution in [3.05, 3.63) is 59.7 Å². The minimum absolute atomic E-state index is 0.0193. The Morgan fingerprint density at radius 3 is 2.18 bits per heavy atom. The summed E-state index contributed by atoms with van der Waals surface area (Å²) in [5, 5.41) is 15.2. The second-order valence-corrected chi connectivity index (χ2v) is 9.81. The molecule has 0 heterocycles. The number of rotatable bonds is 7. The Kier molecular flexibility index (Phi) is 6.02. The molecule has 3 aliphatic carbocycles. The molecule has 7 heteroatoms. The summed E-state index contributed by atoms with van der Waals surface area (Å²) >= 11 is 0. The average molecular weight is 463 g/mol. The normalized spacial score (nSPS) is 22.2. The third kappa shape index (κ3) is 4.27. The van der Waals surface area contributed by atoms with Crippen LogP contribution in [0.5, 0.6) is 0 Å². The van der Waals surface area contributed by atoms with Crippen molar-refractivity contribution in [2.45, 2.75) is 62.4 Å². The number of carbonyl (C=O) groups is 3. The van der Waals surface area contributed by atoms with Crippen molar-refractivity contribution >= 4 is 18.0 Å². The highest BCUT2D eigenvalue weighted by molar-refractivity contribution is 5.81. The smallest absolute Gasteiger partial charge is 0.407 e. The predicted molar refractivity (Wildman–Crippen MR) is 126 cm³/mol. The maximum atomic E-state index is 12.8. The molecule has 0 aliphatic heterocycles. The average Bonchev–Trinajstić information content (AvgIpc) is 3.39. The number of hydrogen-bond acceptors (Lipinski definition) is 4. The van der Waals surface area contributed by atoms with Gasteiger partial charge in [0.15, 0.2) is 0 Å². The molecular formula is C27H30N2O5. The molecule has 0 aromatic heterocycles. The zero-order chi connectivity index (χ0) is 23.7. The van der Waals surface area contributed by atoms with Crippen LogP contribution in [0, 0.1) is 5.92 Å². The first kappa shape index (κ1) is 22.4. The number of carboxylic acids is 1. The highest BCUT2D eigenvalue weighted by Gasteiger charge is 2.42. The quantitative estimate of drug-likeness (QED) is 0.572. The minimum Gasteiger partial charge on any atom is -0.481 e. The van der Waals surface area contributed by atoms with Crippen LogP contribution in [0.4, 0.5) is 4.79 Å². The van der Waals surface area contributed by atoms with Gasteiger partial charge in [-0.1, -0.05) is 55.0 Å². The summed E-state index contributed by atoms with van der Waals surface area (Å²) in [6, 6.07) is 16.0. The number of alkyl carbamates (subject to hydrolysis) is 1. The second-order valence-electron chi connectivity index (χ2n) is 9.81. The molecule has 0 saturated heterocycles. The minimum atomic E-state index is -0.863. The fraction of sp³-hybridized carbons (Fsp3) is 0.444. The first-order valence-electron chi connectivity index (χ1n) is 12.1. The lowest BCUT2D eigenvalue weighted by atomic mass is 9.74. The monoisotopic (exact) mass is 462 g/mol. The van der Waals surface area contributed by atoms with Gasteiger partial charge in [-0.05, 0) is 54.4 Å². The van der Waals surface area contributed by atoms with Gasteiger partial charge in [-0.15, -0.1) is 0 Å². The van der Waals surface area contributed by atoms with Gasteiger partial charge in [-0.3, -0.25) is 9.59 Å². The molecule has 34 heavy (non-hydrogen) atoms. The molecule has 178 valence electrons. The van der Waals surface area contributed by atoms with E-state index in [0.717, 1.165) is 24.0 Å². The van der Waals surface area contributed by atoms with Crippen LogP contribution in [-0.2, 0) is 14.3 Å². The molecule has 5 rings (SSSR count). The summed E-state index contributed by atoms with van der Waals surface area (Å²) in [5.41, 5.74) is 4.03. The number of fused-ring (bicyclic) bond motifs is 3. The third-order valence-corrected chi connectivity index (χ3v) is 7.70. The van der Waals surface area contributed by atoms with E-state index in [2.05, 4.69) is 34.9 Å². The van der Waals surface area contributed by atoms with Crippen LogP contribution in [-0.4, -0.2) is 41.3 Å². The molecule has 7 nitrogen and oxygen atoms in total. The molecular weight excluding hydrogens is 432 g/mol. The Morgan fingerprint density at radius 2 is 1.59 bits per heavy atom. The fourth-order valence-corrected chi connectivity index (χ4v) is 5.79. The molecule has 2 aromatic rings. The van der Waals surface area contributed by atoms with Crippen LogP contribution < -0.4 is 10.6 Å². The second kappa shape index (κ2) is 9.12. The van der Waals surface area contributed by atoms with E-state index >= 15 is 0 Å². The van der Waals surface area contributed by atoms with Gasteiger partial charge < -0.3 is 20.5 Å². The van der Waals surface area contributed by atoms with Crippen molar-refractivity contribution in [3.8, 4) is 11.1 Å². The Bertz CT molecular complexity index is 1060. The topological polar surface area (TPSA) is 105 Å². The summed E-state index contributed by atoms with van der Waals surface area (Å²) in [6.45, 7) is 0.227. The van der Waals surface area contributed by atoms with E-state index in [1.54, 1.807) is 0 Å². The SMILES string of the molecule is O=C(CC1(NC(=O)OCC2c3ccccc3-c3ccccc32)CCC1)N[C@@H]1CCC[C@@H]1C(=O)O. The summed E-state index contributed by atoms with van der Waals surface area (Å²) in [5.74, 6) is -1.62. The Balaban J connectivity index is 1.19. The molecule has 2 amide bonds. The molecule has 0 radical (unpaired) electrons. The number of benzene rings is 2. The molecule has 0 spiro atoms. The molecule has 2 aromatic carbocycles. The van der Waals surface area contributed by atoms with Gasteiger partial charge in [0, 0.05) is 18.4 Å². The molecule has 2 atom stereocenters. The number of hydrogen-bond donors (Lipinski definition) is 3. The van der Waals surface area contributed by atoms with Crippen molar-refractivity contribution in [2.75, 3.05) is 6.61 Å². The predicted octanol–water partition coefficient (Wildman–Crippen LogP) is 4.21. The summed E-state index contributed by atoms with van der Waals surface area (Å²) < 4.78 is 5.68. The van der Waals surface area contributed by atoms with E-state index in [1.807, 2.05) is 24.3 Å². The molecule has 3 N–H and O–H groups in total. The van der Waals surface area contributed by atoms with Crippen LogP contribution in [0.25, 0.3) is 11.1 Å². The van der Waals surface area contributed by atoms with E-state index in [1.165, 1.54) is 11.1 Å².